The highest BCUT2D eigenvalue weighted by atomic mass is 19.3. The van der Waals surface area contributed by atoms with E-state index < -0.39 is 6.61 Å². The highest BCUT2D eigenvalue weighted by Crippen LogP contribution is 2.21. The van der Waals surface area contributed by atoms with Crippen LogP contribution in [0.3, 0.4) is 0 Å². The van der Waals surface area contributed by atoms with Gasteiger partial charge in [-0.1, -0.05) is 12.1 Å². The van der Waals surface area contributed by atoms with Crippen molar-refractivity contribution >= 4 is 0 Å². The molecule has 0 saturated carbocycles. The maximum absolute atomic E-state index is 12.0. The van der Waals surface area contributed by atoms with E-state index in [2.05, 4.69) is 9.72 Å². The minimum atomic E-state index is -2.82. The Bertz CT molecular complexity index is 510. The monoisotopic (exact) mass is 253 g/mol. The summed E-state index contributed by atoms with van der Waals surface area (Å²) < 4.78 is 30.0. The number of ether oxygens (including phenoxy) is 1. The summed E-state index contributed by atoms with van der Waals surface area (Å²) in [6.07, 6.45) is 3.47. The maximum atomic E-state index is 12.0. The molecule has 0 aliphatic carbocycles. The normalized spacial score (nSPS) is 12.7. The number of alkyl halides is 2. The lowest BCUT2D eigenvalue weighted by atomic mass is 10.1. The number of aryl methyl sites for hydroxylation is 1. The van der Waals surface area contributed by atoms with Gasteiger partial charge in [-0.3, -0.25) is 0 Å². The van der Waals surface area contributed by atoms with Crippen molar-refractivity contribution in [1.82, 2.24) is 9.55 Å². The van der Waals surface area contributed by atoms with Crippen LogP contribution in [-0.4, -0.2) is 16.2 Å². The van der Waals surface area contributed by atoms with Gasteiger partial charge in [0.05, 0.1) is 18.1 Å². The third-order valence-corrected chi connectivity index (χ3v) is 2.51. The Morgan fingerprint density at radius 2 is 1.94 bits per heavy atom. The zero-order valence-corrected chi connectivity index (χ0v) is 9.75. The Balaban J connectivity index is 2.14. The van der Waals surface area contributed by atoms with E-state index in [-0.39, 0.29) is 11.8 Å². The van der Waals surface area contributed by atoms with E-state index in [0.29, 0.717) is 0 Å². The van der Waals surface area contributed by atoms with Gasteiger partial charge in [0.15, 0.2) is 0 Å². The molecular formula is C12H13F2N3O. The fraction of sp³-hybridized carbons (Fsp3) is 0.250. The van der Waals surface area contributed by atoms with Gasteiger partial charge in [0.1, 0.15) is 5.75 Å². The van der Waals surface area contributed by atoms with Gasteiger partial charge < -0.3 is 15.0 Å². The van der Waals surface area contributed by atoms with E-state index in [1.807, 2.05) is 13.2 Å². The molecule has 1 heterocycles. The fourth-order valence-electron chi connectivity index (χ4n) is 1.62. The van der Waals surface area contributed by atoms with Crippen LogP contribution in [0.25, 0.3) is 0 Å². The molecule has 4 nitrogen and oxygen atoms in total. The van der Waals surface area contributed by atoms with Gasteiger partial charge in [-0.2, -0.15) is 8.78 Å². The lowest BCUT2D eigenvalue weighted by Crippen LogP contribution is -2.12. The predicted octanol–water partition coefficient (Wildman–Crippen LogP) is 2.07. The lowest BCUT2D eigenvalue weighted by molar-refractivity contribution is -0.0498. The Labute approximate surface area is 103 Å². The summed E-state index contributed by atoms with van der Waals surface area (Å²) in [4.78, 5) is 4.15. The summed E-state index contributed by atoms with van der Waals surface area (Å²) in [5.41, 5.74) is 7.53. The molecule has 6 heteroatoms. The third-order valence-electron chi connectivity index (χ3n) is 2.51. The largest absolute Gasteiger partial charge is 0.435 e. The topological polar surface area (TPSA) is 53.1 Å². The van der Waals surface area contributed by atoms with Crippen LogP contribution < -0.4 is 10.5 Å². The first kappa shape index (κ1) is 12.5. The van der Waals surface area contributed by atoms with Gasteiger partial charge in [0.2, 0.25) is 0 Å². The summed E-state index contributed by atoms with van der Waals surface area (Å²) in [7, 11) is 1.85. The van der Waals surface area contributed by atoms with Crippen LogP contribution in [0.4, 0.5) is 8.78 Å². The van der Waals surface area contributed by atoms with Crippen LogP contribution in [0.5, 0.6) is 5.75 Å². The molecular weight excluding hydrogens is 240 g/mol. The number of benzene rings is 1. The number of nitrogens with zero attached hydrogens (tertiary/aromatic N) is 2. The summed E-state index contributed by atoms with van der Waals surface area (Å²) in [5, 5.41) is 0. The van der Waals surface area contributed by atoms with Gasteiger partial charge in [-0.15, -0.1) is 0 Å². The van der Waals surface area contributed by atoms with Gasteiger partial charge in [-0.05, 0) is 17.7 Å². The van der Waals surface area contributed by atoms with E-state index in [1.54, 1.807) is 23.0 Å². The molecule has 1 atom stereocenters. The Morgan fingerprint density at radius 1 is 1.28 bits per heavy atom. The van der Waals surface area contributed by atoms with Crippen LogP contribution >= 0.6 is 0 Å². The van der Waals surface area contributed by atoms with E-state index in [4.69, 9.17) is 5.73 Å². The first-order valence-corrected chi connectivity index (χ1v) is 5.34. The average Bonchev–Trinajstić information content (AvgIpc) is 2.75. The maximum Gasteiger partial charge on any atom is 0.387 e. The SMILES string of the molecule is Cn1cnc(C(N)c2ccc(OC(F)F)cc2)c1. The molecule has 0 saturated heterocycles. The van der Waals surface area contributed by atoms with Crippen LogP contribution in [0, 0.1) is 0 Å². The Kier molecular flexibility index (Phi) is 3.57. The second-order valence-corrected chi connectivity index (χ2v) is 3.89. The number of nitrogens with two attached hydrogens (primary N) is 1. The first-order chi connectivity index (χ1) is 8.56. The molecule has 0 bridgehead atoms. The van der Waals surface area contributed by atoms with E-state index in [9.17, 15) is 8.78 Å². The molecule has 1 aromatic heterocycles. The molecule has 0 aliphatic heterocycles. The Morgan fingerprint density at radius 3 is 2.44 bits per heavy atom. The summed E-state index contributed by atoms with van der Waals surface area (Å²) in [5.74, 6) is 0.113. The molecule has 1 aromatic carbocycles. The minimum Gasteiger partial charge on any atom is -0.435 e. The molecule has 18 heavy (non-hydrogen) atoms. The van der Waals surface area contributed by atoms with Gasteiger partial charge in [-0.25, -0.2) is 4.98 Å². The van der Waals surface area contributed by atoms with Crippen LogP contribution in [-0.2, 0) is 7.05 Å². The quantitative estimate of drug-likeness (QED) is 0.907. The summed E-state index contributed by atoms with van der Waals surface area (Å²) >= 11 is 0. The van der Waals surface area contributed by atoms with Crippen LogP contribution in [0.1, 0.15) is 17.3 Å². The van der Waals surface area contributed by atoms with E-state index in [1.165, 1.54) is 12.1 Å². The van der Waals surface area contributed by atoms with Crippen molar-refractivity contribution in [3.05, 3.63) is 48.0 Å². The zero-order valence-electron chi connectivity index (χ0n) is 9.75. The summed E-state index contributed by atoms with van der Waals surface area (Å²) in [6.45, 7) is -2.82. The lowest BCUT2D eigenvalue weighted by Gasteiger charge is -2.10. The predicted molar refractivity (Wildman–Crippen MR) is 62.3 cm³/mol. The molecule has 2 rings (SSSR count). The number of imidazole rings is 1. The molecule has 0 spiro atoms. The van der Waals surface area contributed by atoms with Crippen molar-refractivity contribution in [2.45, 2.75) is 12.7 Å². The number of aromatic nitrogens is 2. The van der Waals surface area contributed by atoms with Crippen LogP contribution in [0.2, 0.25) is 0 Å². The Hall–Kier alpha value is -1.95. The summed E-state index contributed by atoms with van der Waals surface area (Å²) in [6, 6.07) is 5.84. The van der Waals surface area contributed by atoms with Crippen molar-refractivity contribution in [3.63, 3.8) is 0 Å². The van der Waals surface area contributed by atoms with Crippen molar-refractivity contribution in [1.29, 1.82) is 0 Å². The molecule has 0 aliphatic rings. The highest BCUT2D eigenvalue weighted by Gasteiger charge is 2.12. The molecule has 2 aromatic rings. The first-order valence-electron chi connectivity index (χ1n) is 5.34. The van der Waals surface area contributed by atoms with E-state index >= 15 is 0 Å². The second kappa shape index (κ2) is 5.14. The molecule has 1 unspecified atom stereocenters. The van der Waals surface area contributed by atoms with Crippen LogP contribution in [0.15, 0.2) is 36.8 Å². The molecule has 96 valence electrons. The second-order valence-electron chi connectivity index (χ2n) is 3.89. The zero-order chi connectivity index (χ0) is 13.1. The molecule has 2 N–H and O–H groups in total. The van der Waals surface area contributed by atoms with Crippen molar-refractivity contribution in [3.8, 4) is 5.75 Å². The molecule has 0 radical (unpaired) electrons. The van der Waals surface area contributed by atoms with Gasteiger partial charge >= 0.3 is 6.61 Å². The minimum absolute atomic E-state index is 0.113. The number of halogens is 2. The van der Waals surface area contributed by atoms with Crippen molar-refractivity contribution in [2.24, 2.45) is 12.8 Å². The fourth-order valence-corrected chi connectivity index (χ4v) is 1.62. The highest BCUT2D eigenvalue weighted by molar-refractivity contribution is 5.32. The van der Waals surface area contributed by atoms with Crippen molar-refractivity contribution < 1.29 is 13.5 Å². The number of rotatable bonds is 4. The van der Waals surface area contributed by atoms with E-state index in [0.717, 1.165) is 11.3 Å². The average molecular weight is 253 g/mol. The standard InChI is InChI=1S/C12H13F2N3O/c1-17-6-10(16-7-17)11(15)8-2-4-9(5-3-8)18-12(13)14/h2-7,11-12H,15H2,1H3. The van der Waals surface area contributed by atoms with Gasteiger partial charge in [0, 0.05) is 13.2 Å². The molecule has 0 amide bonds. The number of hydrogen-bond acceptors (Lipinski definition) is 3. The molecule has 0 fully saturated rings. The number of hydrogen-bond donors (Lipinski definition) is 1. The van der Waals surface area contributed by atoms with Crippen molar-refractivity contribution in [2.75, 3.05) is 0 Å². The third kappa shape index (κ3) is 2.84. The van der Waals surface area contributed by atoms with Gasteiger partial charge in [0.25, 0.3) is 0 Å². The smallest absolute Gasteiger partial charge is 0.387 e.